The topological polar surface area (TPSA) is 109 Å². The second-order valence-corrected chi connectivity index (χ2v) is 11.2. The molecule has 0 bridgehead atoms. The number of nitriles is 1. The average molecular weight is 572 g/mol. The molecule has 3 rings (SSSR count). The minimum Gasteiger partial charge on any atom is -0.361 e. The summed E-state index contributed by atoms with van der Waals surface area (Å²) >= 11 is 0. The third-order valence-electron chi connectivity index (χ3n) is 6.50. The number of hydrogen-bond donors (Lipinski definition) is 1. The number of benzene rings is 2. The van der Waals surface area contributed by atoms with Crippen molar-refractivity contribution < 1.29 is 40.2 Å². The fourth-order valence-corrected chi connectivity index (χ4v) is 5.41. The van der Waals surface area contributed by atoms with Gasteiger partial charge in [0.15, 0.2) is 9.84 Å². The van der Waals surface area contributed by atoms with Crippen LogP contribution in [-0.4, -0.2) is 58.6 Å². The minimum atomic E-state index is -3.40. The maximum absolute atomic E-state index is 13.0. The summed E-state index contributed by atoms with van der Waals surface area (Å²) in [6, 6.07) is 12.4. The van der Waals surface area contributed by atoms with Gasteiger partial charge in [0.1, 0.15) is 0 Å². The quantitative estimate of drug-likeness (QED) is 0.348. The Morgan fingerprint density at radius 2 is 1.54 bits per heavy atom. The van der Waals surface area contributed by atoms with E-state index in [-0.39, 0.29) is 35.8 Å². The predicted octanol–water partition coefficient (Wildman–Crippen LogP) is 4.68. The zero-order chi connectivity index (χ0) is 28.6. The van der Waals surface area contributed by atoms with Crippen molar-refractivity contribution in [3.63, 3.8) is 0 Å². The van der Waals surface area contributed by atoms with Crippen molar-refractivity contribution in [2.24, 2.45) is 0 Å². The highest BCUT2D eigenvalue weighted by Crippen LogP contribution is 2.32. The van der Waals surface area contributed by atoms with Crippen molar-refractivity contribution in [1.82, 2.24) is 5.32 Å². The first-order valence-corrected chi connectivity index (χ1v) is 13.9. The number of anilines is 1. The number of sulfone groups is 1. The van der Waals surface area contributed by atoms with Gasteiger partial charge < -0.3 is 19.7 Å². The van der Waals surface area contributed by atoms with Crippen LogP contribution in [-0.2, 0) is 19.3 Å². The second kappa shape index (κ2) is 13.7. The van der Waals surface area contributed by atoms with Gasteiger partial charge in [-0.1, -0.05) is 19.1 Å². The molecule has 1 amide bonds. The molecule has 1 heterocycles. The highest BCUT2D eigenvalue weighted by molar-refractivity contribution is 7.91. The molecular formula is C26H29F4N3O5S. The van der Waals surface area contributed by atoms with Crippen LogP contribution in [0.3, 0.4) is 0 Å². The van der Waals surface area contributed by atoms with Crippen LogP contribution in [0.2, 0.25) is 0 Å². The Kier molecular flexibility index (Phi) is 10.7. The maximum atomic E-state index is 13.0. The van der Waals surface area contributed by atoms with Gasteiger partial charge in [-0.3, -0.25) is 4.79 Å². The third kappa shape index (κ3) is 8.14. The molecule has 0 spiro atoms. The van der Waals surface area contributed by atoms with Crippen molar-refractivity contribution in [2.75, 3.05) is 23.9 Å². The highest BCUT2D eigenvalue weighted by Gasteiger charge is 2.35. The van der Waals surface area contributed by atoms with Crippen molar-refractivity contribution in [3.05, 3.63) is 59.7 Å². The molecule has 1 aliphatic heterocycles. The second-order valence-electron chi connectivity index (χ2n) is 8.89. The molecule has 3 atom stereocenters. The van der Waals surface area contributed by atoms with E-state index in [0.29, 0.717) is 24.1 Å². The van der Waals surface area contributed by atoms with Gasteiger partial charge in [-0.15, -0.1) is 0 Å². The fourth-order valence-electron chi connectivity index (χ4n) is 4.52. The molecule has 1 saturated heterocycles. The Bertz CT molecular complexity index is 1220. The third-order valence-corrected chi connectivity index (χ3v) is 8.25. The predicted molar refractivity (Wildman–Crippen MR) is 134 cm³/mol. The molecule has 2 aromatic carbocycles. The molecule has 8 nitrogen and oxygen atoms in total. The largest absolute Gasteiger partial charge is 0.361 e. The van der Waals surface area contributed by atoms with E-state index in [2.05, 4.69) is 14.8 Å². The van der Waals surface area contributed by atoms with Crippen LogP contribution in [0.25, 0.3) is 0 Å². The molecule has 1 fully saturated rings. The number of carbonyl (C=O) groups is 1. The summed E-state index contributed by atoms with van der Waals surface area (Å²) in [6.45, 7) is -5.02. The Labute approximate surface area is 224 Å². The SMILES string of the molecule is CCS(=O)(=O)c1ccc([C@H](CC#N)NC(=O)c2ccc(N3C(COC(F)F)CCC3COC(F)F)cc2)cc1. The number of nitrogens with zero attached hydrogens (tertiary/aromatic N) is 2. The molecule has 0 aliphatic carbocycles. The number of nitrogens with one attached hydrogen (secondary N) is 1. The molecule has 1 N–H and O–H groups in total. The van der Waals surface area contributed by atoms with Crippen molar-refractivity contribution in [3.8, 4) is 6.07 Å². The van der Waals surface area contributed by atoms with Crippen LogP contribution in [0, 0.1) is 11.3 Å². The summed E-state index contributed by atoms with van der Waals surface area (Å²) in [5, 5.41) is 12.0. The molecule has 0 saturated carbocycles. The van der Waals surface area contributed by atoms with E-state index in [4.69, 9.17) is 0 Å². The number of hydrogen-bond acceptors (Lipinski definition) is 7. The lowest BCUT2D eigenvalue weighted by Crippen LogP contribution is -2.41. The Morgan fingerprint density at radius 1 is 1.00 bits per heavy atom. The average Bonchev–Trinajstić information content (AvgIpc) is 3.33. The van der Waals surface area contributed by atoms with E-state index < -0.39 is 47.1 Å². The Hall–Kier alpha value is -3.21. The van der Waals surface area contributed by atoms with Crippen LogP contribution in [0.1, 0.15) is 48.1 Å². The number of carbonyl (C=O) groups excluding carboxylic acids is 1. The lowest BCUT2D eigenvalue weighted by molar-refractivity contribution is -0.134. The van der Waals surface area contributed by atoms with Crippen LogP contribution >= 0.6 is 0 Å². The number of amides is 1. The monoisotopic (exact) mass is 571 g/mol. The van der Waals surface area contributed by atoms with E-state index in [1.54, 1.807) is 29.2 Å². The standard InChI is InChI=1S/C26H29F4N3O5S/c1-2-39(35,36)22-11-5-17(6-12-22)23(13-14-31)32-24(34)18-3-7-19(8-4-18)33-20(15-37-25(27)28)9-10-21(33)16-38-26(29)30/h3-8,11-12,20-21,23,25-26H,2,9-10,13,15-16H2,1H3,(H,32,34)/t20?,21?,23-/m0/s1. The summed E-state index contributed by atoms with van der Waals surface area (Å²) in [4.78, 5) is 14.8. The maximum Gasteiger partial charge on any atom is 0.345 e. The van der Waals surface area contributed by atoms with Gasteiger partial charge in [0.2, 0.25) is 0 Å². The highest BCUT2D eigenvalue weighted by atomic mass is 32.2. The van der Waals surface area contributed by atoms with E-state index in [9.17, 15) is 36.0 Å². The first kappa shape index (κ1) is 30.3. The molecule has 1 aliphatic rings. The van der Waals surface area contributed by atoms with E-state index in [0.717, 1.165) is 0 Å². The molecule has 13 heteroatoms. The molecule has 0 radical (unpaired) electrons. The van der Waals surface area contributed by atoms with Gasteiger partial charge in [0.05, 0.1) is 54.5 Å². The normalized spacial score (nSPS) is 18.4. The molecule has 39 heavy (non-hydrogen) atoms. The lowest BCUT2D eigenvalue weighted by Gasteiger charge is -2.32. The molecule has 0 aromatic heterocycles. The smallest absolute Gasteiger partial charge is 0.345 e. The van der Waals surface area contributed by atoms with E-state index >= 15 is 0 Å². The van der Waals surface area contributed by atoms with Gasteiger partial charge >= 0.3 is 13.2 Å². The number of ether oxygens (including phenoxy) is 2. The van der Waals surface area contributed by atoms with E-state index in [1.807, 2.05) is 6.07 Å². The van der Waals surface area contributed by atoms with Crippen LogP contribution in [0.4, 0.5) is 23.2 Å². The van der Waals surface area contributed by atoms with Crippen LogP contribution in [0.15, 0.2) is 53.4 Å². The minimum absolute atomic E-state index is 0.0574. The summed E-state index contributed by atoms with van der Waals surface area (Å²) in [7, 11) is -3.40. The summed E-state index contributed by atoms with van der Waals surface area (Å²) in [6.07, 6.45) is 0.802. The fraction of sp³-hybridized carbons (Fsp3) is 0.462. The zero-order valence-corrected chi connectivity index (χ0v) is 21.9. The van der Waals surface area contributed by atoms with Crippen molar-refractivity contribution in [2.45, 2.75) is 62.4 Å². The molecular weight excluding hydrogens is 542 g/mol. The Balaban J connectivity index is 1.75. The number of rotatable bonds is 13. The van der Waals surface area contributed by atoms with Gasteiger partial charge in [-0.05, 0) is 54.8 Å². The zero-order valence-electron chi connectivity index (χ0n) is 21.1. The first-order chi connectivity index (χ1) is 18.6. The van der Waals surface area contributed by atoms with Crippen LogP contribution < -0.4 is 10.2 Å². The summed E-state index contributed by atoms with van der Waals surface area (Å²) in [5.74, 6) is -0.554. The van der Waals surface area contributed by atoms with Crippen molar-refractivity contribution >= 4 is 21.4 Å². The van der Waals surface area contributed by atoms with Gasteiger partial charge in [0, 0.05) is 11.3 Å². The van der Waals surface area contributed by atoms with Crippen LogP contribution in [0.5, 0.6) is 0 Å². The Morgan fingerprint density at radius 3 is 2.00 bits per heavy atom. The van der Waals surface area contributed by atoms with Gasteiger partial charge in [-0.25, -0.2) is 8.42 Å². The first-order valence-electron chi connectivity index (χ1n) is 12.2. The molecule has 212 valence electrons. The molecule has 2 aromatic rings. The number of halogens is 4. The molecule has 2 unspecified atom stereocenters. The lowest BCUT2D eigenvalue weighted by atomic mass is 10.0. The van der Waals surface area contributed by atoms with E-state index in [1.165, 1.54) is 31.2 Å². The van der Waals surface area contributed by atoms with Gasteiger partial charge in [-0.2, -0.15) is 22.8 Å². The number of alkyl halides is 4. The summed E-state index contributed by atoms with van der Waals surface area (Å²) < 4.78 is 83.6. The van der Waals surface area contributed by atoms with Crippen molar-refractivity contribution in [1.29, 1.82) is 5.26 Å². The summed E-state index contributed by atoms with van der Waals surface area (Å²) in [5.41, 5.74) is 1.32. The van der Waals surface area contributed by atoms with Gasteiger partial charge in [0.25, 0.3) is 5.91 Å².